The molecule has 4 rings (SSSR count). The molecule has 0 radical (unpaired) electrons. The molecule has 0 aliphatic carbocycles. The summed E-state index contributed by atoms with van der Waals surface area (Å²) in [4.78, 5) is 23.7. The predicted molar refractivity (Wildman–Crippen MR) is 126 cm³/mol. The fourth-order valence-corrected chi connectivity index (χ4v) is 4.13. The first-order valence-electron chi connectivity index (χ1n) is 10.9. The van der Waals surface area contributed by atoms with Crippen LogP contribution < -0.4 is 0 Å². The summed E-state index contributed by atoms with van der Waals surface area (Å²) in [5.74, 6) is 0. The van der Waals surface area contributed by atoms with Crippen LogP contribution in [-0.2, 0) is 33.5 Å². The van der Waals surface area contributed by atoms with Crippen LogP contribution in [0.2, 0.25) is 0 Å². The molecule has 2 heterocycles. The second kappa shape index (κ2) is 11.2. The first kappa shape index (κ1) is 23.1. The van der Waals surface area contributed by atoms with E-state index in [0.717, 1.165) is 40.3 Å². The minimum atomic E-state index is -0.998. The molecule has 0 bridgehead atoms. The molecule has 1 aliphatic rings. The molecule has 0 spiro atoms. The van der Waals surface area contributed by atoms with E-state index >= 15 is 0 Å². The molecule has 1 fully saturated rings. The van der Waals surface area contributed by atoms with E-state index in [1.54, 1.807) is 23.5 Å². The summed E-state index contributed by atoms with van der Waals surface area (Å²) in [6.07, 6.45) is 6.42. The SMILES string of the molecule is CS(=O)c1ccc(-c2cnc(COC3CCN(C(=O)OCc4ccccc4)CC3)cn2)cc1. The number of hydrogen-bond acceptors (Lipinski definition) is 6. The monoisotopic (exact) mass is 465 g/mol. The van der Waals surface area contributed by atoms with Crippen molar-refractivity contribution in [1.29, 1.82) is 0 Å². The summed E-state index contributed by atoms with van der Waals surface area (Å²) < 4.78 is 22.9. The summed E-state index contributed by atoms with van der Waals surface area (Å²) in [5, 5.41) is 0. The molecule has 1 atom stereocenters. The molecular formula is C25H27N3O4S. The number of aromatic nitrogens is 2. The van der Waals surface area contributed by atoms with Crippen molar-refractivity contribution in [2.45, 2.75) is 37.1 Å². The third-order valence-electron chi connectivity index (χ3n) is 5.56. The van der Waals surface area contributed by atoms with Crippen LogP contribution in [0.4, 0.5) is 4.79 Å². The number of rotatable bonds is 7. The van der Waals surface area contributed by atoms with Crippen LogP contribution >= 0.6 is 0 Å². The van der Waals surface area contributed by atoms with Crippen molar-refractivity contribution in [3.05, 3.63) is 78.2 Å². The van der Waals surface area contributed by atoms with E-state index in [0.29, 0.717) is 19.7 Å². The fraction of sp³-hybridized carbons (Fsp3) is 0.320. The quantitative estimate of drug-likeness (QED) is 0.520. The second-order valence-corrected chi connectivity index (χ2v) is 9.29. The van der Waals surface area contributed by atoms with E-state index in [1.807, 2.05) is 54.6 Å². The topological polar surface area (TPSA) is 81.6 Å². The number of nitrogens with zero attached hydrogens (tertiary/aromatic N) is 3. The highest BCUT2D eigenvalue weighted by Crippen LogP contribution is 2.19. The van der Waals surface area contributed by atoms with Crippen molar-refractivity contribution >= 4 is 16.9 Å². The van der Waals surface area contributed by atoms with Gasteiger partial charge in [0.05, 0.1) is 36.5 Å². The van der Waals surface area contributed by atoms with Gasteiger partial charge < -0.3 is 14.4 Å². The molecule has 7 nitrogen and oxygen atoms in total. The maximum absolute atomic E-state index is 12.3. The van der Waals surface area contributed by atoms with E-state index in [4.69, 9.17) is 9.47 Å². The van der Waals surface area contributed by atoms with Crippen molar-refractivity contribution in [2.24, 2.45) is 0 Å². The van der Waals surface area contributed by atoms with Gasteiger partial charge in [0.25, 0.3) is 0 Å². The van der Waals surface area contributed by atoms with Crippen LogP contribution in [0, 0.1) is 0 Å². The minimum Gasteiger partial charge on any atom is -0.445 e. The lowest BCUT2D eigenvalue weighted by Crippen LogP contribution is -2.41. The Morgan fingerprint density at radius 1 is 1.00 bits per heavy atom. The first-order chi connectivity index (χ1) is 16.1. The summed E-state index contributed by atoms with van der Waals surface area (Å²) in [6.45, 7) is 1.89. The Hall–Kier alpha value is -3.10. The van der Waals surface area contributed by atoms with Crippen LogP contribution in [0.5, 0.6) is 0 Å². The van der Waals surface area contributed by atoms with E-state index in [2.05, 4.69) is 9.97 Å². The molecule has 8 heteroatoms. The largest absolute Gasteiger partial charge is 0.445 e. The Kier molecular flexibility index (Phi) is 7.80. The molecule has 1 aliphatic heterocycles. The highest BCUT2D eigenvalue weighted by Gasteiger charge is 2.24. The van der Waals surface area contributed by atoms with Gasteiger partial charge in [0, 0.05) is 40.6 Å². The molecule has 1 amide bonds. The van der Waals surface area contributed by atoms with E-state index in [1.165, 1.54) is 0 Å². The number of likely N-dealkylation sites (tertiary alicyclic amines) is 1. The predicted octanol–water partition coefficient (Wildman–Crippen LogP) is 4.20. The summed E-state index contributed by atoms with van der Waals surface area (Å²) >= 11 is 0. The molecule has 1 unspecified atom stereocenters. The van der Waals surface area contributed by atoms with Crippen LogP contribution in [0.3, 0.4) is 0 Å². The zero-order valence-electron chi connectivity index (χ0n) is 18.6. The summed E-state index contributed by atoms with van der Waals surface area (Å²) in [6, 6.07) is 17.1. The maximum atomic E-state index is 12.3. The lowest BCUT2D eigenvalue weighted by Gasteiger charge is -2.31. The zero-order chi connectivity index (χ0) is 23.0. The van der Waals surface area contributed by atoms with Crippen molar-refractivity contribution in [3.63, 3.8) is 0 Å². The van der Waals surface area contributed by atoms with Crippen LogP contribution in [0.15, 0.2) is 71.9 Å². The number of carbonyl (C=O) groups is 1. The summed E-state index contributed by atoms with van der Waals surface area (Å²) in [7, 11) is -0.998. The molecule has 0 N–H and O–H groups in total. The van der Waals surface area contributed by atoms with Gasteiger partial charge in [-0.1, -0.05) is 42.5 Å². The van der Waals surface area contributed by atoms with E-state index in [-0.39, 0.29) is 18.8 Å². The Bertz CT molecular complexity index is 1070. The standard InChI is InChI=1S/C25H27N3O4S/c1-33(30)23-9-7-20(8-10-23)24-16-26-21(15-27-24)18-31-22-11-13-28(14-12-22)25(29)32-17-19-5-3-2-4-6-19/h2-10,15-16,22H,11-14,17-18H2,1H3. The van der Waals surface area contributed by atoms with Gasteiger partial charge in [0.1, 0.15) is 6.61 Å². The Balaban J connectivity index is 1.20. The van der Waals surface area contributed by atoms with Gasteiger partial charge in [-0.2, -0.15) is 0 Å². The number of amides is 1. The number of piperidine rings is 1. The van der Waals surface area contributed by atoms with Crippen molar-refractivity contribution in [3.8, 4) is 11.3 Å². The van der Waals surface area contributed by atoms with E-state index < -0.39 is 10.8 Å². The first-order valence-corrected chi connectivity index (χ1v) is 12.5. The molecule has 172 valence electrons. The van der Waals surface area contributed by atoms with Gasteiger partial charge in [0.2, 0.25) is 0 Å². The van der Waals surface area contributed by atoms with Gasteiger partial charge in [-0.3, -0.25) is 14.2 Å². The zero-order valence-corrected chi connectivity index (χ0v) is 19.4. The van der Waals surface area contributed by atoms with Crippen LogP contribution in [0.1, 0.15) is 24.1 Å². The van der Waals surface area contributed by atoms with Crippen molar-refractivity contribution in [1.82, 2.24) is 14.9 Å². The highest BCUT2D eigenvalue weighted by molar-refractivity contribution is 7.84. The maximum Gasteiger partial charge on any atom is 0.410 e. The second-order valence-electron chi connectivity index (χ2n) is 7.91. The number of hydrogen-bond donors (Lipinski definition) is 0. The highest BCUT2D eigenvalue weighted by atomic mass is 32.2. The summed E-state index contributed by atoms with van der Waals surface area (Å²) in [5.41, 5.74) is 3.42. The third kappa shape index (κ3) is 6.46. The van der Waals surface area contributed by atoms with Gasteiger partial charge in [-0.25, -0.2) is 4.79 Å². The van der Waals surface area contributed by atoms with Crippen molar-refractivity contribution in [2.75, 3.05) is 19.3 Å². The fourth-order valence-electron chi connectivity index (χ4n) is 3.61. The smallest absolute Gasteiger partial charge is 0.410 e. The number of benzene rings is 2. The molecule has 33 heavy (non-hydrogen) atoms. The van der Waals surface area contributed by atoms with Gasteiger partial charge in [0.15, 0.2) is 0 Å². The molecule has 1 saturated heterocycles. The average Bonchev–Trinajstić information content (AvgIpc) is 2.87. The van der Waals surface area contributed by atoms with Gasteiger partial charge in [-0.15, -0.1) is 0 Å². The number of ether oxygens (including phenoxy) is 2. The van der Waals surface area contributed by atoms with Gasteiger partial charge in [-0.05, 0) is 30.5 Å². The molecule has 1 aromatic heterocycles. The normalized spacial score (nSPS) is 15.2. The Labute approximate surface area is 196 Å². The Morgan fingerprint density at radius 2 is 1.73 bits per heavy atom. The van der Waals surface area contributed by atoms with E-state index in [9.17, 15) is 9.00 Å². The Morgan fingerprint density at radius 3 is 2.36 bits per heavy atom. The van der Waals surface area contributed by atoms with Gasteiger partial charge >= 0.3 is 6.09 Å². The molecule has 3 aromatic rings. The van der Waals surface area contributed by atoms with Crippen LogP contribution in [0.25, 0.3) is 11.3 Å². The molecular weight excluding hydrogens is 438 g/mol. The van der Waals surface area contributed by atoms with Crippen LogP contribution in [-0.4, -0.2) is 50.6 Å². The molecule has 0 saturated carbocycles. The molecule has 2 aromatic carbocycles. The average molecular weight is 466 g/mol. The lowest BCUT2D eigenvalue weighted by atomic mass is 10.1. The lowest BCUT2D eigenvalue weighted by molar-refractivity contribution is -0.00523. The van der Waals surface area contributed by atoms with Crippen molar-refractivity contribution < 1.29 is 18.5 Å². The number of carbonyl (C=O) groups excluding carboxylic acids is 1. The minimum absolute atomic E-state index is 0.0760. The third-order valence-corrected chi connectivity index (χ3v) is 6.50.